The van der Waals surface area contributed by atoms with Gasteiger partial charge < -0.3 is 10.1 Å². The number of likely N-dealkylation sites (tertiary alicyclic amines) is 1. The van der Waals surface area contributed by atoms with Gasteiger partial charge in [0.25, 0.3) is 5.91 Å². The zero-order valence-electron chi connectivity index (χ0n) is 15.8. The summed E-state index contributed by atoms with van der Waals surface area (Å²) >= 11 is 0. The van der Waals surface area contributed by atoms with Gasteiger partial charge in [0.15, 0.2) is 6.61 Å². The van der Waals surface area contributed by atoms with Crippen LogP contribution in [0.4, 0.5) is 0 Å². The van der Waals surface area contributed by atoms with Crippen LogP contribution in [0.25, 0.3) is 0 Å². The largest absolute Gasteiger partial charge is 0.484 e. The molecule has 4 heteroatoms. The number of nitrogens with zero attached hydrogens (tertiary/aromatic N) is 1. The number of ether oxygens (including phenoxy) is 1. The molecule has 1 fully saturated rings. The Morgan fingerprint density at radius 3 is 2.38 bits per heavy atom. The lowest BCUT2D eigenvalue weighted by Gasteiger charge is -2.14. The SMILES string of the molecule is Cc1ccc(OCC(=O)NCc2ccc(CN3CCCC3)cc2)cc1C. The van der Waals surface area contributed by atoms with Gasteiger partial charge in [0, 0.05) is 13.1 Å². The first-order valence-corrected chi connectivity index (χ1v) is 9.37. The first kappa shape index (κ1) is 18.5. The summed E-state index contributed by atoms with van der Waals surface area (Å²) < 4.78 is 5.57. The molecule has 0 aliphatic carbocycles. The number of aryl methyl sites for hydroxylation is 2. The van der Waals surface area contributed by atoms with Crippen molar-refractivity contribution < 1.29 is 9.53 Å². The summed E-state index contributed by atoms with van der Waals surface area (Å²) in [6, 6.07) is 14.4. The van der Waals surface area contributed by atoms with E-state index in [2.05, 4.69) is 41.4 Å². The van der Waals surface area contributed by atoms with Crippen molar-refractivity contribution in [3.8, 4) is 5.75 Å². The molecule has 2 aromatic carbocycles. The fourth-order valence-corrected chi connectivity index (χ4v) is 3.17. The van der Waals surface area contributed by atoms with Crippen LogP contribution in [-0.4, -0.2) is 30.5 Å². The summed E-state index contributed by atoms with van der Waals surface area (Å²) in [5.41, 5.74) is 4.82. The number of amides is 1. The van der Waals surface area contributed by atoms with E-state index in [9.17, 15) is 4.79 Å². The molecule has 4 nitrogen and oxygen atoms in total. The van der Waals surface area contributed by atoms with Crippen LogP contribution in [0.2, 0.25) is 0 Å². The zero-order valence-corrected chi connectivity index (χ0v) is 15.8. The molecule has 1 amide bonds. The van der Waals surface area contributed by atoms with Crippen molar-refractivity contribution in [3.63, 3.8) is 0 Å². The molecular weight excluding hydrogens is 324 g/mol. The van der Waals surface area contributed by atoms with E-state index in [1.54, 1.807) is 0 Å². The molecule has 0 radical (unpaired) electrons. The fourth-order valence-electron chi connectivity index (χ4n) is 3.17. The Labute approximate surface area is 156 Å². The summed E-state index contributed by atoms with van der Waals surface area (Å²) in [5.74, 6) is 0.624. The van der Waals surface area contributed by atoms with Crippen LogP contribution in [0.15, 0.2) is 42.5 Å². The van der Waals surface area contributed by atoms with Crippen LogP contribution in [0.3, 0.4) is 0 Å². The molecule has 1 saturated heterocycles. The molecule has 0 unspecified atom stereocenters. The van der Waals surface area contributed by atoms with Crippen LogP contribution >= 0.6 is 0 Å². The van der Waals surface area contributed by atoms with Gasteiger partial charge in [0.05, 0.1) is 0 Å². The van der Waals surface area contributed by atoms with E-state index in [1.807, 2.05) is 25.1 Å². The lowest BCUT2D eigenvalue weighted by Crippen LogP contribution is -2.28. The summed E-state index contributed by atoms with van der Waals surface area (Å²) in [5, 5.41) is 2.91. The van der Waals surface area contributed by atoms with Gasteiger partial charge in [-0.05, 0) is 74.2 Å². The molecule has 2 aromatic rings. The zero-order chi connectivity index (χ0) is 18.4. The Morgan fingerprint density at radius 2 is 1.69 bits per heavy atom. The normalized spacial score (nSPS) is 14.4. The van der Waals surface area contributed by atoms with Gasteiger partial charge in [-0.25, -0.2) is 0 Å². The van der Waals surface area contributed by atoms with E-state index < -0.39 is 0 Å². The average Bonchev–Trinajstić information content (AvgIpc) is 3.15. The minimum Gasteiger partial charge on any atom is -0.484 e. The summed E-state index contributed by atoms with van der Waals surface area (Å²) in [7, 11) is 0. The van der Waals surface area contributed by atoms with Crippen LogP contribution in [0, 0.1) is 13.8 Å². The minimum atomic E-state index is -0.107. The summed E-state index contributed by atoms with van der Waals surface area (Å²) in [6.45, 7) is 8.10. The molecule has 138 valence electrons. The summed E-state index contributed by atoms with van der Waals surface area (Å²) in [4.78, 5) is 14.5. The Hall–Kier alpha value is -2.33. The Morgan fingerprint density at radius 1 is 1.00 bits per heavy atom. The first-order chi connectivity index (χ1) is 12.6. The van der Waals surface area contributed by atoms with Gasteiger partial charge in [0.1, 0.15) is 5.75 Å². The third kappa shape index (κ3) is 5.33. The first-order valence-electron chi connectivity index (χ1n) is 9.37. The maximum absolute atomic E-state index is 12.0. The van der Waals surface area contributed by atoms with Gasteiger partial charge in [-0.15, -0.1) is 0 Å². The molecule has 0 atom stereocenters. The highest BCUT2D eigenvalue weighted by atomic mass is 16.5. The molecule has 1 heterocycles. The predicted molar refractivity (Wildman–Crippen MR) is 104 cm³/mol. The minimum absolute atomic E-state index is 0.0372. The van der Waals surface area contributed by atoms with Crippen molar-refractivity contribution in [1.82, 2.24) is 10.2 Å². The second-order valence-electron chi connectivity index (χ2n) is 7.11. The number of hydrogen-bond acceptors (Lipinski definition) is 3. The van der Waals surface area contributed by atoms with Crippen LogP contribution in [0.5, 0.6) is 5.75 Å². The highest BCUT2D eigenvalue weighted by Crippen LogP contribution is 2.16. The number of carbonyl (C=O) groups excluding carboxylic acids is 1. The smallest absolute Gasteiger partial charge is 0.258 e. The maximum atomic E-state index is 12.0. The quantitative estimate of drug-likeness (QED) is 0.828. The predicted octanol–water partition coefficient (Wildman–Crippen LogP) is 3.59. The second kappa shape index (κ2) is 8.86. The van der Waals surface area contributed by atoms with E-state index >= 15 is 0 Å². The van der Waals surface area contributed by atoms with Gasteiger partial charge in [0.2, 0.25) is 0 Å². The number of benzene rings is 2. The third-order valence-corrected chi connectivity index (χ3v) is 4.97. The standard InChI is InChI=1S/C22H28N2O2/c1-17-5-10-21(13-18(17)2)26-16-22(25)23-14-19-6-8-20(9-7-19)15-24-11-3-4-12-24/h5-10,13H,3-4,11-12,14-16H2,1-2H3,(H,23,25). The Kier molecular flexibility index (Phi) is 6.29. The van der Waals surface area contributed by atoms with E-state index in [0.717, 1.165) is 23.4 Å². The molecule has 1 aliphatic heterocycles. The third-order valence-electron chi connectivity index (χ3n) is 4.97. The van der Waals surface area contributed by atoms with Crippen molar-refractivity contribution in [1.29, 1.82) is 0 Å². The van der Waals surface area contributed by atoms with Crippen molar-refractivity contribution in [2.24, 2.45) is 0 Å². The topological polar surface area (TPSA) is 41.6 Å². The molecule has 0 spiro atoms. The lowest BCUT2D eigenvalue weighted by molar-refractivity contribution is -0.123. The van der Waals surface area contributed by atoms with E-state index in [1.165, 1.54) is 37.1 Å². The maximum Gasteiger partial charge on any atom is 0.258 e. The van der Waals surface area contributed by atoms with Crippen LogP contribution < -0.4 is 10.1 Å². The molecule has 1 aliphatic rings. The Balaban J connectivity index is 1.41. The van der Waals surface area contributed by atoms with E-state index in [0.29, 0.717) is 6.54 Å². The van der Waals surface area contributed by atoms with Crippen LogP contribution in [0.1, 0.15) is 35.1 Å². The number of hydrogen-bond donors (Lipinski definition) is 1. The summed E-state index contributed by atoms with van der Waals surface area (Å²) in [6.07, 6.45) is 2.63. The molecular formula is C22H28N2O2. The molecule has 0 saturated carbocycles. The number of carbonyl (C=O) groups is 1. The van der Waals surface area contributed by atoms with Gasteiger partial charge in [-0.3, -0.25) is 9.69 Å². The van der Waals surface area contributed by atoms with E-state index in [-0.39, 0.29) is 12.5 Å². The van der Waals surface area contributed by atoms with Gasteiger partial charge in [-0.1, -0.05) is 30.3 Å². The Bertz CT molecular complexity index is 734. The van der Waals surface area contributed by atoms with Crippen molar-refractivity contribution in [2.75, 3.05) is 19.7 Å². The van der Waals surface area contributed by atoms with Crippen LogP contribution in [-0.2, 0) is 17.9 Å². The number of rotatable bonds is 7. The molecule has 26 heavy (non-hydrogen) atoms. The van der Waals surface area contributed by atoms with Crippen molar-refractivity contribution >= 4 is 5.91 Å². The van der Waals surface area contributed by atoms with Crippen molar-refractivity contribution in [2.45, 2.75) is 39.8 Å². The molecule has 0 bridgehead atoms. The van der Waals surface area contributed by atoms with Gasteiger partial charge in [-0.2, -0.15) is 0 Å². The lowest BCUT2D eigenvalue weighted by atomic mass is 10.1. The highest BCUT2D eigenvalue weighted by Gasteiger charge is 2.11. The van der Waals surface area contributed by atoms with Gasteiger partial charge >= 0.3 is 0 Å². The second-order valence-corrected chi connectivity index (χ2v) is 7.11. The van der Waals surface area contributed by atoms with Crippen molar-refractivity contribution in [3.05, 3.63) is 64.7 Å². The number of nitrogens with one attached hydrogen (secondary N) is 1. The monoisotopic (exact) mass is 352 g/mol. The highest BCUT2D eigenvalue weighted by molar-refractivity contribution is 5.77. The molecule has 0 aromatic heterocycles. The van der Waals surface area contributed by atoms with E-state index in [4.69, 9.17) is 4.74 Å². The fraction of sp³-hybridized carbons (Fsp3) is 0.409. The average molecular weight is 352 g/mol. The molecule has 1 N–H and O–H groups in total. The molecule has 3 rings (SSSR count).